The maximum Gasteiger partial charge on any atom is 0.411 e. The van der Waals surface area contributed by atoms with Crippen LogP contribution in [0.3, 0.4) is 0 Å². The van der Waals surface area contributed by atoms with E-state index in [1.165, 1.54) is 14.2 Å². The second-order valence-corrected chi connectivity index (χ2v) is 4.95. The number of nitrogens with one attached hydrogen (secondary N) is 2. The minimum Gasteiger partial charge on any atom is -0.497 e. The molecule has 132 valence electrons. The van der Waals surface area contributed by atoms with E-state index in [9.17, 15) is 9.59 Å². The van der Waals surface area contributed by atoms with Crippen molar-refractivity contribution in [1.29, 1.82) is 0 Å². The highest BCUT2D eigenvalue weighted by atomic mass is 16.5. The lowest BCUT2D eigenvalue weighted by Crippen LogP contribution is -2.15. The van der Waals surface area contributed by atoms with Crippen LogP contribution in [0.1, 0.15) is 17.3 Å². The van der Waals surface area contributed by atoms with E-state index in [1.54, 1.807) is 49.4 Å². The van der Waals surface area contributed by atoms with Gasteiger partial charge in [-0.25, -0.2) is 4.79 Å². The van der Waals surface area contributed by atoms with Crippen LogP contribution in [0.2, 0.25) is 0 Å². The highest BCUT2D eigenvalue weighted by Crippen LogP contribution is 2.29. The van der Waals surface area contributed by atoms with Crippen LogP contribution in [0.25, 0.3) is 0 Å². The minimum atomic E-state index is -0.575. The van der Waals surface area contributed by atoms with Gasteiger partial charge in [-0.1, -0.05) is 6.07 Å². The molecule has 0 fully saturated rings. The van der Waals surface area contributed by atoms with Gasteiger partial charge in [0.1, 0.15) is 11.5 Å². The van der Waals surface area contributed by atoms with Crippen LogP contribution in [-0.4, -0.2) is 32.8 Å². The van der Waals surface area contributed by atoms with Gasteiger partial charge < -0.3 is 19.5 Å². The van der Waals surface area contributed by atoms with E-state index in [0.717, 1.165) is 0 Å². The molecule has 0 aromatic heterocycles. The van der Waals surface area contributed by atoms with Gasteiger partial charge in [-0.05, 0) is 37.3 Å². The number of benzene rings is 2. The fourth-order valence-electron chi connectivity index (χ4n) is 2.13. The van der Waals surface area contributed by atoms with Gasteiger partial charge >= 0.3 is 6.09 Å². The first-order valence-corrected chi connectivity index (χ1v) is 7.64. The van der Waals surface area contributed by atoms with E-state index in [1.807, 2.05) is 0 Å². The molecular formula is C18H20N2O5. The first-order chi connectivity index (χ1) is 12.1. The van der Waals surface area contributed by atoms with Crippen molar-refractivity contribution in [3.05, 3.63) is 48.0 Å². The van der Waals surface area contributed by atoms with Crippen molar-refractivity contribution in [2.24, 2.45) is 0 Å². The number of amides is 2. The Hall–Kier alpha value is -3.22. The molecule has 7 heteroatoms. The smallest absolute Gasteiger partial charge is 0.411 e. The lowest BCUT2D eigenvalue weighted by Gasteiger charge is -2.12. The van der Waals surface area contributed by atoms with Crippen molar-refractivity contribution in [2.45, 2.75) is 6.92 Å². The van der Waals surface area contributed by atoms with Gasteiger partial charge in [0.2, 0.25) is 0 Å². The molecule has 7 nitrogen and oxygen atoms in total. The number of carbonyl (C=O) groups excluding carboxylic acids is 2. The highest BCUT2D eigenvalue weighted by Gasteiger charge is 2.12. The number of methoxy groups -OCH3 is 2. The molecule has 2 aromatic rings. The summed E-state index contributed by atoms with van der Waals surface area (Å²) >= 11 is 0. The van der Waals surface area contributed by atoms with Gasteiger partial charge in [0, 0.05) is 17.3 Å². The molecule has 0 saturated heterocycles. The Bertz CT molecular complexity index is 761. The monoisotopic (exact) mass is 344 g/mol. The maximum absolute atomic E-state index is 12.5. The fraction of sp³-hybridized carbons (Fsp3) is 0.222. The molecule has 0 atom stereocenters. The van der Waals surface area contributed by atoms with E-state index in [2.05, 4.69) is 10.6 Å². The third kappa shape index (κ3) is 4.87. The van der Waals surface area contributed by atoms with Gasteiger partial charge in [0.25, 0.3) is 5.91 Å². The Morgan fingerprint density at radius 1 is 1.00 bits per heavy atom. The van der Waals surface area contributed by atoms with Gasteiger partial charge in [-0.15, -0.1) is 0 Å². The standard InChI is InChI=1S/C18H20N2O5/c1-4-25-18(22)19-13-7-5-6-12(10-13)17(21)20-15-11-14(23-2)8-9-16(15)24-3/h5-11H,4H2,1-3H3,(H,19,22)(H,20,21). The van der Waals surface area contributed by atoms with Crippen LogP contribution in [0.5, 0.6) is 11.5 Å². The molecule has 0 bridgehead atoms. The maximum atomic E-state index is 12.5. The summed E-state index contributed by atoms with van der Waals surface area (Å²) in [5.41, 5.74) is 1.32. The van der Waals surface area contributed by atoms with Crippen molar-refractivity contribution in [3.63, 3.8) is 0 Å². The zero-order valence-electron chi connectivity index (χ0n) is 14.3. The topological polar surface area (TPSA) is 85.9 Å². The van der Waals surface area contributed by atoms with Crippen molar-refractivity contribution in [2.75, 3.05) is 31.5 Å². The molecule has 2 N–H and O–H groups in total. The summed E-state index contributed by atoms with van der Waals surface area (Å²) in [6.07, 6.45) is -0.575. The second-order valence-electron chi connectivity index (χ2n) is 4.95. The summed E-state index contributed by atoms with van der Waals surface area (Å²) in [7, 11) is 3.05. The molecule has 0 radical (unpaired) electrons. The van der Waals surface area contributed by atoms with Crippen molar-refractivity contribution in [3.8, 4) is 11.5 Å². The summed E-state index contributed by atoms with van der Waals surface area (Å²) in [5.74, 6) is 0.753. The molecule has 25 heavy (non-hydrogen) atoms. The lowest BCUT2D eigenvalue weighted by molar-refractivity contribution is 0.102. The van der Waals surface area contributed by atoms with Gasteiger partial charge in [-0.2, -0.15) is 0 Å². The molecule has 0 unspecified atom stereocenters. The van der Waals surface area contributed by atoms with E-state index >= 15 is 0 Å². The van der Waals surface area contributed by atoms with Crippen molar-refractivity contribution in [1.82, 2.24) is 0 Å². The van der Waals surface area contributed by atoms with Crippen LogP contribution >= 0.6 is 0 Å². The van der Waals surface area contributed by atoms with E-state index in [4.69, 9.17) is 14.2 Å². The largest absolute Gasteiger partial charge is 0.497 e. The van der Waals surface area contributed by atoms with Gasteiger partial charge in [0.05, 0.1) is 26.5 Å². The van der Waals surface area contributed by atoms with E-state index in [0.29, 0.717) is 28.4 Å². The molecule has 0 aliphatic carbocycles. The van der Waals surface area contributed by atoms with Crippen LogP contribution in [0, 0.1) is 0 Å². The lowest BCUT2D eigenvalue weighted by atomic mass is 10.1. The summed E-state index contributed by atoms with van der Waals surface area (Å²) in [6.45, 7) is 1.98. The van der Waals surface area contributed by atoms with Crippen LogP contribution in [-0.2, 0) is 4.74 Å². The summed E-state index contributed by atoms with van der Waals surface area (Å²) in [4.78, 5) is 24.0. The van der Waals surface area contributed by atoms with Crippen LogP contribution in [0.4, 0.5) is 16.2 Å². The number of hydrogen-bond acceptors (Lipinski definition) is 5. The summed E-state index contributed by atoms with van der Waals surface area (Å²) < 4.78 is 15.2. The number of hydrogen-bond donors (Lipinski definition) is 2. The van der Waals surface area contributed by atoms with Gasteiger partial charge in [0.15, 0.2) is 0 Å². The highest BCUT2D eigenvalue weighted by molar-refractivity contribution is 6.06. The van der Waals surface area contributed by atoms with E-state index < -0.39 is 6.09 Å². The molecular weight excluding hydrogens is 324 g/mol. The second kappa shape index (κ2) is 8.58. The summed E-state index contributed by atoms with van der Waals surface area (Å²) in [5, 5.41) is 5.33. The fourth-order valence-corrected chi connectivity index (χ4v) is 2.13. The Morgan fingerprint density at radius 2 is 1.80 bits per heavy atom. The average molecular weight is 344 g/mol. The Kier molecular flexibility index (Phi) is 6.22. The SMILES string of the molecule is CCOC(=O)Nc1cccc(C(=O)Nc2cc(OC)ccc2OC)c1. The number of rotatable bonds is 6. The zero-order chi connectivity index (χ0) is 18.2. The Balaban J connectivity index is 2.17. The van der Waals surface area contributed by atoms with Gasteiger partial charge in [-0.3, -0.25) is 10.1 Å². The number of carbonyl (C=O) groups is 2. The zero-order valence-corrected chi connectivity index (χ0v) is 14.3. The molecule has 0 aliphatic heterocycles. The molecule has 2 aromatic carbocycles. The molecule has 0 heterocycles. The predicted octanol–water partition coefficient (Wildman–Crippen LogP) is 3.52. The predicted molar refractivity (Wildman–Crippen MR) is 94.6 cm³/mol. The molecule has 2 rings (SSSR count). The molecule has 0 spiro atoms. The summed E-state index contributed by atoms with van der Waals surface area (Å²) in [6, 6.07) is 11.6. The average Bonchev–Trinajstić information content (AvgIpc) is 2.62. The molecule has 0 saturated carbocycles. The third-order valence-corrected chi connectivity index (χ3v) is 3.30. The van der Waals surface area contributed by atoms with Crippen molar-refractivity contribution < 1.29 is 23.8 Å². The van der Waals surface area contributed by atoms with E-state index in [-0.39, 0.29) is 12.5 Å². The molecule has 2 amide bonds. The Morgan fingerprint density at radius 3 is 2.48 bits per heavy atom. The Labute approximate surface area is 145 Å². The first-order valence-electron chi connectivity index (χ1n) is 7.64. The third-order valence-electron chi connectivity index (χ3n) is 3.30. The van der Waals surface area contributed by atoms with Crippen LogP contribution in [0.15, 0.2) is 42.5 Å². The molecule has 0 aliphatic rings. The minimum absolute atomic E-state index is 0.266. The number of ether oxygens (including phenoxy) is 3. The normalized spacial score (nSPS) is 9.88. The van der Waals surface area contributed by atoms with Crippen molar-refractivity contribution >= 4 is 23.4 Å². The first kappa shape index (κ1) is 18.1. The quantitative estimate of drug-likeness (QED) is 0.837. The number of anilines is 2. The van der Waals surface area contributed by atoms with Crippen LogP contribution < -0.4 is 20.1 Å².